The van der Waals surface area contributed by atoms with Crippen molar-refractivity contribution < 1.29 is 16.8 Å². The molecule has 0 saturated carbocycles. The number of sulfone groups is 1. The monoisotopic (exact) mass is 312 g/mol. The molecule has 2 atom stereocenters. The van der Waals surface area contributed by atoms with Crippen LogP contribution in [0.5, 0.6) is 0 Å². The molecule has 0 aromatic rings. The maximum absolute atomic E-state index is 12.1. The van der Waals surface area contributed by atoms with Gasteiger partial charge in [0.2, 0.25) is 10.0 Å². The number of rotatable bonds is 6. The normalized spacial score (nSPS) is 24.3. The summed E-state index contributed by atoms with van der Waals surface area (Å²) in [6.45, 7) is 3.02. The predicted molar refractivity (Wildman–Crippen MR) is 76.3 cm³/mol. The van der Waals surface area contributed by atoms with E-state index >= 15 is 0 Å². The van der Waals surface area contributed by atoms with Gasteiger partial charge in [0.05, 0.1) is 11.5 Å². The molecule has 1 heterocycles. The molecule has 1 fully saturated rings. The van der Waals surface area contributed by atoms with Crippen LogP contribution in [0, 0.1) is 5.92 Å². The zero-order valence-electron chi connectivity index (χ0n) is 11.8. The van der Waals surface area contributed by atoms with Crippen LogP contribution in [0.3, 0.4) is 0 Å². The molecule has 8 heteroatoms. The summed E-state index contributed by atoms with van der Waals surface area (Å²) in [5, 5.41) is 3.15. The third-order valence-corrected chi connectivity index (χ3v) is 6.73. The molecule has 0 aliphatic carbocycles. The second-order valence-electron chi connectivity index (χ2n) is 5.28. The number of nitrogens with zero attached hydrogens (tertiary/aromatic N) is 1. The molecular formula is C11H24N2O4S2. The van der Waals surface area contributed by atoms with E-state index in [2.05, 4.69) is 5.32 Å². The van der Waals surface area contributed by atoms with Crippen molar-refractivity contribution in [1.82, 2.24) is 9.62 Å². The first kappa shape index (κ1) is 16.9. The Morgan fingerprint density at radius 2 is 1.89 bits per heavy atom. The number of piperidine rings is 1. The van der Waals surface area contributed by atoms with Crippen molar-refractivity contribution in [3.8, 4) is 0 Å². The van der Waals surface area contributed by atoms with Gasteiger partial charge in [0, 0.05) is 25.4 Å². The average Bonchev–Trinajstić information content (AvgIpc) is 2.35. The van der Waals surface area contributed by atoms with Crippen molar-refractivity contribution in [2.75, 3.05) is 37.9 Å². The minimum absolute atomic E-state index is 0.257. The third-order valence-electron chi connectivity index (χ3n) is 3.69. The largest absolute Gasteiger partial charge is 0.317 e. The van der Waals surface area contributed by atoms with Gasteiger partial charge >= 0.3 is 0 Å². The molecule has 0 aromatic heterocycles. The first-order chi connectivity index (χ1) is 8.65. The highest BCUT2D eigenvalue weighted by Gasteiger charge is 2.31. The van der Waals surface area contributed by atoms with E-state index in [1.807, 2.05) is 14.0 Å². The first-order valence-electron chi connectivity index (χ1n) is 6.48. The highest BCUT2D eigenvalue weighted by molar-refractivity contribution is 7.93. The highest BCUT2D eigenvalue weighted by atomic mass is 32.2. The summed E-state index contributed by atoms with van der Waals surface area (Å²) >= 11 is 0. The van der Waals surface area contributed by atoms with Crippen LogP contribution in [0.1, 0.15) is 19.8 Å². The van der Waals surface area contributed by atoms with Crippen LogP contribution in [0.2, 0.25) is 0 Å². The second-order valence-corrected chi connectivity index (χ2v) is 9.63. The molecule has 1 rings (SSSR count). The Morgan fingerprint density at radius 1 is 1.26 bits per heavy atom. The molecule has 1 aliphatic heterocycles. The van der Waals surface area contributed by atoms with Crippen LogP contribution in [-0.4, -0.2) is 65.1 Å². The minimum atomic E-state index is -3.46. The van der Waals surface area contributed by atoms with Gasteiger partial charge in [-0.05, 0) is 32.7 Å². The second kappa shape index (κ2) is 6.51. The molecular weight excluding hydrogens is 288 g/mol. The van der Waals surface area contributed by atoms with Crippen LogP contribution in [0.15, 0.2) is 0 Å². The summed E-state index contributed by atoms with van der Waals surface area (Å²) in [5.41, 5.74) is 0. The molecule has 0 amide bonds. The number of nitrogens with one attached hydrogen (secondary N) is 1. The van der Waals surface area contributed by atoms with Gasteiger partial charge < -0.3 is 5.32 Å². The fourth-order valence-corrected chi connectivity index (χ4v) is 5.39. The standard InChI is InChI=1S/C11H24N2O4S2/c1-10(12-2)11-5-4-6-13(9-11)19(16,17)8-7-18(3,14)15/h10-12H,4-9H2,1-3H3. The van der Waals surface area contributed by atoms with Gasteiger partial charge in [-0.2, -0.15) is 0 Å². The summed E-state index contributed by atoms with van der Waals surface area (Å²) in [6.07, 6.45) is 2.89. The Labute approximate surface area is 116 Å². The smallest absolute Gasteiger partial charge is 0.215 e. The average molecular weight is 312 g/mol. The third kappa shape index (κ3) is 5.37. The van der Waals surface area contributed by atoms with Crippen LogP contribution >= 0.6 is 0 Å². The number of sulfonamides is 1. The summed E-state index contributed by atoms with van der Waals surface area (Å²) in [5.74, 6) is -0.336. The van der Waals surface area contributed by atoms with Crippen molar-refractivity contribution in [1.29, 1.82) is 0 Å². The van der Waals surface area contributed by atoms with Crippen molar-refractivity contribution in [3.05, 3.63) is 0 Å². The lowest BCUT2D eigenvalue weighted by Gasteiger charge is -2.34. The Morgan fingerprint density at radius 3 is 2.42 bits per heavy atom. The van der Waals surface area contributed by atoms with Crippen molar-refractivity contribution in [2.45, 2.75) is 25.8 Å². The van der Waals surface area contributed by atoms with E-state index in [9.17, 15) is 16.8 Å². The van der Waals surface area contributed by atoms with Crippen LogP contribution in [0.25, 0.3) is 0 Å². The van der Waals surface area contributed by atoms with Gasteiger partial charge in [-0.3, -0.25) is 0 Å². The Balaban J connectivity index is 2.68. The van der Waals surface area contributed by atoms with Gasteiger partial charge in [-0.1, -0.05) is 0 Å². The first-order valence-corrected chi connectivity index (χ1v) is 10.2. The van der Waals surface area contributed by atoms with E-state index in [1.54, 1.807) is 0 Å². The van der Waals surface area contributed by atoms with E-state index < -0.39 is 19.9 Å². The Bertz CT molecular complexity index is 487. The maximum Gasteiger partial charge on any atom is 0.215 e. The molecule has 0 spiro atoms. The maximum atomic E-state index is 12.1. The molecule has 0 radical (unpaired) electrons. The summed E-state index contributed by atoms with van der Waals surface area (Å²) in [4.78, 5) is 0. The lowest BCUT2D eigenvalue weighted by Crippen LogP contribution is -2.47. The molecule has 1 aliphatic rings. The van der Waals surface area contributed by atoms with Crippen molar-refractivity contribution in [3.63, 3.8) is 0 Å². The quantitative estimate of drug-likeness (QED) is 0.727. The van der Waals surface area contributed by atoms with E-state index in [1.165, 1.54) is 4.31 Å². The number of hydrogen-bond donors (Lipinski definition) is 1. The van der Waals surface area contributed by atoms with Gasteiger partial charge in [0.15, 0.2) is 0 Å². The molecule has 6 nitrogen and oxygen atoms in total. The van der Waals surface area contributed by atoms with E-state index in [-0.39, 0.29) is 23.5 Å². The molecule has 2 unspecified atom stereocenters. The van der Waals surface area contributed by atoms with Crippen molar-refractivity contribution in [2.24, 2.45) is 5.92 Å². The molecule has 0 bridgehead atoms. The van der Waals surface area contributed by atoms with Crippen molar-refractivity contribution >= 4 is 19.9 Å². The molecule has 0 aromatic carbocycles. The summed E-state index contributed by atoms with van der Waals surface area (Å²) in [6, 6.07) is 0.257. The molecule has 1 saturated heterocycles. The number of hydrogen-bond acceptors (Lipinski definition) is 5. The summed E-state index contributed by atoms with van der Waals surface area (Å²) in [7, 11) is -4.85. The van der Waals surface area contributed by atoms with Gasteiger partial charge in [-0.15, -0.1) is 0 Å². The van der Waals surface area contributed by atoms with Crippen LogP contribution in [-0.2, 0) is 19.9 Å². The highest BCUT2D eigenvalue weighted by Crippen LogP contribution is 2.22. The Kier molecular flexibility index (Phi) is 5.78. The lowest BCUT2D eigenvalue weighted by molar-refractivity contribution is 0.229. The molecule has 114 valence electrons. The molecule has 1 N–H and O–H groups in total. The SMILES string of the molecule is CNC(C)C1CCCN(S(=O)(=O)CCS(C)(=O)=O)C1. The fourth-order valence-electron chi connectivity index (χ4n) is 2.26. The minimum Gasteiger partial charge on any atom is -0.317 e. The predicted octanol–water partition coefficient (Wildman–Crippen LogP) is -0.319. The van der Waals surface area contributed by atoms with Crippen LogP contribution < -0.4 is 5.32 Å². The summed E-state index contributed by atoms with van der Waals surface area (Å²) < 4.78 is 47.9. The zero-order chi connectivity index (χ0) is 14.7. The van der Waals surface area contributed by atoms with Crippen LogP contribution in [0.4, 0.5) is 0 Å². The van der Waals surface area contributed by atoms with E-state index in [0.29, 0.717) is 13.1 Å². The topological polar surface area (TPSA) is 83.6 Å². The zero-order valence-corrected chi connectivity index (χ0v) is 13.4. The lowest BCUT2D eigenvalue weighted by atomic mass is 9.93. The van der Waals surface area contributed by atoms with Gasteiger partial charge in [0.1, 0.15) is 9.84 Å². The van der Waals surface area contributed by atoms with E-state index in [0.717, 1.165) is 19.1 Å². The van der Waals surface area contributed by atoms with Gasteiger partial charge in [0.25, 0.3) is 0 Å². The fraction of sp³-hybridized carbons (Fsp3) is 1.00. The molecule has 19 heavy (non-hydrogen) atoms. The Hall–Kier alpha value is -0.180. The van der Waals surface area contributed by atoms with E-state index in [4.69, 9.17) is 0 Å². The van der Waals surface area contributed by atoms with Gasteiger partial charge in [-0.25, -0.2) is 21.1 Å².